The van der Waals surface area contributed by atoms with E-state index in [2.05, 4.69) is 0 Å². The Balaban J connectivity index is 2.52. The second kappa shape index (κ2) is 2.70. The molecule has 1 unspecified atom stereocenters. The number of hydrogen-bond donors (Lipinski definition) is 0. The second-order valence-electron chi connectivity index (χ2n) is 3.13. The van der Waals surface area contributed by atoms with Crippen molar-refractivity contribution < 1.29 is 9.53 Å². The summed E-state index contributed by atoms with van der Waals surface area (Å²) < 4.78 is 5.12. The van der Waals surface area contributed by atoms with E-state index < -0.39 is 5.60 Å². The van der Waals surface area contributed by atoms with Crippen LogP contribution in [0, 0.1) is 5.92 Å². The van der Waals surface area contributed by atoms with E-state index in [1.54, 1.807) is 7.11 Å². The van der Waals surface area contributed by atoms with E-state index in [9.17, 15) is 4.79 Å². The van der Waals surface area contributed by atoms with Crippen molar-refractivity contribution in [3.05, 3.63) is 0 Å². The minimum absolute atomic E-state index is 0.468. The van der Waals surface area contributed by atoms with Crippen molar-refractivity contribution in [3.8, 4) is 0 Å². The summed E-state index contributed by atoms with van der Waals surface area (Å²) in [7, 11) is 1.60. The number of carbonyl (C=O) groups is 1. The van der Waals surface area contributed by atoms with Crippen molar-refractivity contribution in [2.45, 2.75) is 31.8 Å². The van der Waals surface area contributed by atoms with Crippen LogP contribution in [0.4, 0.5) is 0 Å². The number of rotatable bonds is 3. The van der Waals surface area contributed by atoms with Gasteiger partial charge >= 0.3 is 0 Å². The van der Waals surface area contributed by atoms with Crippen molar-refractivity contribution in [2.24, 2.45) is 5.92 Å². The zero-order valence-corrected chi connectivity index (χ0v) is 6.59. The number of hydrogen-bond acceptors (Lipinski definition) is 2. The molecule has 0 saturated heterocycles. The van der Waals surface area contributed by atoms with Crippen LogP contribution in [0.5, 0.6) is 0 Å². The molecule has 1 saturated carbocycles. The summed E-state index contributed by atoms with van der Waals surface area (Å²) in [5, 5.41) is 0. The minimum atomic E-state index is -0.502. The maximum absolute atomic E-state index is 10.6. The van der Waals surface area contributed by atoms with Crippen LogP contribution in [0.2, 0.25) is 0 Å². The summed E-state index contributed by atoms with van der Waals surface area (Å²) in [5.74, 6) is 0.468. The molecule has 0 spiro atoms. The Labute approximate surface area is 61.6 Å². The fourth-order valence-corrected chi connectivity index (χ4v) is 1.29. The first kappa shape index (κ1) is 7.73. The first-order valence-electron chi connectivity index (χ1n) is 3.74. The van der Waals surface area contributed by atoms with Gasteiger partial charge in [-0.15, -0.1) is 0 Å². The van der Waals surface area contributed by atoms with Crippen LogP contribution in [0.15, 0.2) is 0 Å². The lowest BCUT2D eigenvalue weighted by Gasteiger charge is -2.37. The Morgan fingerprint density at radius 3 is 2.30 bits per heavy atom. The summed E-state index contributed by atoms with van der Waals surface area (Å²) in [6, 6.07) is 0. The second-order valence-corrected chi connectivity index (χ2v) is 3.13. The molecular formula is C8H14O2. The standard InChI is InChI=1S/C8H14O2/c1-8(6-9,10-2)7-4-3-5-7/h6-7H,3-5H2,1-2H3. The van der Waals surface area contributed by atoms with E-state index in [1.807, 2.05) is 6.92 Å². The molecule has 0 radical (unpaired) electrons. The molecule has 2 heteroatoms. The third-order valence-electron chi connectivity index (χ3n) is 2.59. The molecule has 58 valence electrons. The molecule has 0 aromatic carbocycles. The zero-order valence-electron chi connectivity index (χ0n) is 6.59. The van der Waals surface area contributed by atoms with Gasteiger partial charge in [-0.05, 0) is 25.7 Å². The number of carbonyl (C=O) groups excluding carboxylic acids is 1. The van der Waals surface area contributed by atoms with Crippen molar-refractivity contribution in [1.82, 2.24) is 0 Å². The summed E-state index contributed by atoms with van der Waals surface area (Å²) in [4.78, 5) is 10.6. The third-order valence-corrected chi connectivity index (χ3v) is 2.59. The lowest BCUT2D eigenvalue weighted by atomic mass is 9.74. The summed E-state index contributed by atoms with van der Waals surface area (Å²) in [5.41, 5.74) is -0.502. The molecular weight excluding hydrogens is 128 g/mol. The Morgan fingerprint density at radius 1 is 1.60 bits per heavy atom. The van der Waals surface area contributed by atoms with Gasteiger partial charge in [-0.3, -0.25) is 0 Å². The van der Waals surface area contributed by atoms with E-state index in [1.165, 1.54) is 6.42 Å². The lowest BCUT2D eigenvalue weighted by Crippen LogP contribution is -2.42. The van der Waals surface area contributed by atoms with Crippen LogP contribution in [0.25, 0.3) is 0 Å². The van der Waals surface area contributed by atoms with E-state index in [0.29, 0.717) is 5.92 Å². The molecule has 1 aliphatic rings. The number of aldehydes is 1. The highest BCUT2D eigenvalue weighted by atomic mass is 16.5. The van der Waals surface area contributed by atoms with Crippen LogP contribution in [0.3, 0.4) is 0 Å². The van der Waals surface area contributed by atoms with Crippen LogP contribution in [-0.4, -0.2) is 19.0 Å². The summed E-state index contributed by atoms with van der Waals surface area (Å²) in [6.45, 7) is 1.86. The number of ether oxygens (including phenoxy) is 1. The highest BCUT2D eigenvalue weighted by molar-refractivity contribution is 5.62. The maximum atomic E-state index is 10.6. The van der Waals surface area contributed by atoms with Gasteiger partial charge in [0.1, 0.15) is 5.60 Å². The molecule has 0 aromatic heterocycles. The largest absolute Gasteiger partial charge is 0.371 e. The van der Waals surface area contributed by atoms with Gasteiger partial charge in [0, 0.05) is 7.11 Å². The van der Waals surface area contributed by atoms with Crippen molar-refractivity contribution in [1.29, 1.82) is 0 Å². The quantitative estimate of drug-likeness (QED) is 0.556. The summed E-state index contributed by atoms with van der Waals surface area (Å²) >= 11 is 0. The topological polar surface area (TPSA) is 26.3 Å². The predicted octanol–water partition coefficient (Wildman–Crippen LogP) is 1.39. The van der Waals surface area contributed by atoms with Gasteiger partial charge in [-0.25, -0.2) is 0 Å². The van der Waals surface area contributed by atoms with Gasteiger partial charge in [-0.1, -0.05) is 6.42 Å². The first-order valence-corrected chi connectivity index (χ1v) is 3.74. The molecule has 0 aromatic rings. The van der Waals surface area contributed by atoms with Gasteiger partial charge in [0.25, 0.3) is 0 Å². The average Bonchev–Trinajstić information content (AvgIpc) is 1.84. The molecule has 0 amide bonds. The maximum Gasteiger partial charge on any atom is 0.151 e. The van der Waals surface area contributed by atoms with Gasteiger partial charge in [0.05, 0.1) is 0 Å². The summed E-state index contributed by atoms with van der Waals surface area (Å²) in [6.07, 6.45) is 4.46. The smallest absolute Gasteiger partial charge is 0.151 e. The Bertz CT molecular complexity index is 129. The SMILES string of the molecule is COC(C)(C=O)C1CCC1. The van der Waals surface area contributed by atoms with Crippen LogP contribution >= 0.6 is 0 Å². The molecule has 0 heterocycles. The van der Waals surface area contributed by atoms with Gasteiger partial charge in [0.15, 0.2) is 6.29 Å². The van der Waals surface area contributed by atoms with Crippen molar-refractivity contribution >= 4 is 6.29 Å². The Kier molecular flexibility index (Phi) is 2.09. The minimum Gasteiger partial charge on any atom is -0.371 e. The molecule has 1 rings (SSSR count). The van der Waals surface area contributed by atoms with Crippen molar-refractivity contribution in [2.75, 3.05) is 7.11 Å². The molecule has 10 heavy (non-hydrogen) atoms. The Hall–Kier alpha value is -0.370. The van der Waals surface area contributed by atoms with Crippen LogP contribution in [-0.2, 0) is 9.53 Å². The van der Waals surface area contributed by atoms with E-state index >= 15 is 0 Å². The van der Waals surface area contributed by atoms with Crippen LogP contribution in [0.1, 0.15) is 26.2 Å². The molecule has 0 N–H and O–H groups in total. The normalized spacial score (nSPS) is 25.0. The molecule has 1 aliphatic carbocycles. The highest BCUT2D eigenvalue weighted by Crippen LogP contribution is 2.36. The molecule has 2 nitrogen and oxygen atoms in total. The van der Waals surface area contributed by atoms with Gasteiger partial charge in [0.2, 0.25) is 0 Å². The first-order chi connectivity index (χ1) is 4.73. The lowest BCUT2D eigenvalue weighted by molar-refractivity contribution is -0.136. The fourth-order valence-electron chi connectivity index (χ4n) is 1.29. The third kappa shape index (κ3) is 1.08. The fraction of sp³-hybridized carbons (Fsp3) is 0.875. The average molecular weight is 142 g/mol. The van der Waals surface area contributed by atoms with Crippen LogP contribution < -0.4 is 0 Å². The Morgan fingerprint density at radius 2 is 2.20 bits per heavy atom. The molecule has 0 bridgehead atoms. The van der Waals surface area contributed by atoms with E-state index in [4.69, 9.17) is 4.74 Å². The molecule has 0 aliphatic heterocycles. The van der Waals surface area contributed by atoms with Crippen molar-refractivity contribution in [3.63, 3.8) is 0 Å². The van der Waals surface area contributed by atoms with Gasteiger partial charge < -0.3 is 9.53 Å². The van der Waals surface area contributed by atoms with Gasteiger partial charge in [-0.2, -0.15) is 0 Å². The molecule has 1 fully saturated rings. The van der Waals surface area contributed by atoms with E-state index in [-0.39, 0.29) is 0 Å². The number of methoxy groups -OCH3 is 1. The zero-order chi connectivity index (χ0) is 7.61. The monoisotopic (exact) mass is 142 g/mol. The molecule has 1 atom stereocenters. The predicted molar refractivity (Wildman–Crippen MR) is 38.8 cm³/mol. The highest BCUT2D eigenvalue weighted by Gasteiger charge is 2.37. The van der Waals surface area contributed by atoms with E-state index in [0.717, 1.165) is 19.1 Å².